The van der Waals surface area contributed by atoms with Crippen LogP contribution < -0.4 is 0 Å². The van der Waals surface area contributed by atoms with E-state index in [2.05, 4.69) is 10.2 Å². The molecule has 0 aliphatic carbocycles. The van der Waals surface area contributed by atoms with Crippen LogP contribution in [0.2, 0.25) is 10.0 Å². The van der Waals surface area contributed by atoms with E-state index in [1.54, 1.807) is 24.3 Å². The summed E-state index contributed by atoms with van der Waals surface area (Å²) < 4.78 is 38.0. The standard InChI is InChI=1S/C21H19Cl2N3O5S/c22-15-6-4-14(5-7-15)20-25-24-19(31-20)13-30-21(27)17-12-16(8-9-18(17)23)32(28,29)26-10-2-1-3-11-26/h4-9,12H,1-3,10-11,13H2. The van der Waals surface area contributed by atoms with Crippen LogP contribution in [0, 0.1) is 0 Å². The monoisotopic (exact) mass is 495 g/mol. The van der Waals surface area contributed by atoms with Crippen molar-refractivity contribution < 1.29 is 22.4 Å². The Hall–Kier alpha value is -2.46. The van der Waals surface area contributed by atoms with Crippen molar-refractivity contribution in [3.8, 4) is 11.5 Å². The van der Waals surface area contributed by atoms with Gasteiger partial charge in [0.2, 0.25) is 15.9 Å². The Kier molecular flexibility index (Phi) is 6.80. The number of rotatable bonds is 6. The van der Waals surface area contributed by atoms with E-state index in [0.29, 0.717) is 23.7 Å². The van der Waals surface area contributed by atoms with Gasteiger partial charge in [0.1, 0.15) is 0 Å². The van der Waals surface area contributed by atoms with Gasteiger partial charge in [0, 0.05) is 23.7 Å². The molecular weight excluding hydrogens is 477 g/mol. The molecule has 8 nitrogen and oxygen atoms in total. The number of benzene rings is 2. The van der Waals surface area contributed by atoms with Gasteiger partial charge in [0.05, 0.1) is 15.5 Å². The Morgan fingerprint density at radius 2 is 1.75 bits per heavy atom. The quantitative estimate of drug-likeness (QED) is 0.461. The number of hydrogen-bond donors (Lipinski definition) is 0. The Morgan fingerprint density at radius 3 is 2.47 bits per heavy atom. The van der Waals surface area contributed by atoms with Gasteiger partial charge in [-0.3, -0.25) is 0 Å². The SMILES string of the molecule is O=C(OCc1nnc(-c2ccc(Cl)cc2)o1)c1cc(S(=O)(=O)N2CCCCC2)ccc1Cl. The Balaban J connectivity index is 1.47. The topological polar surface area (TPSA) is 103 Å². The molecule has 1 aliphatic heterocycles. The predicted molar refractivity (Wildman–Crippen MR) is 118 cm³/mol. The average Bonchev–Trinajstić information content (AvgIpc) is 3.28. The van der Waals surface area contributed by atoms with E-state index in [4.69, 9.17) is 32.4 Å². The maximum absolute atomic E-state index is 12.9. The Labute approximate surface area is 195 Å². The molecule has 3 aromatic rings. The van der Waals surface area contributed by atoms with Crippen LogP contribution in [-0.4, -0.2) is 42.0 Å². The first kappa shape index (κ1) is 22.7. The smallest absolute Gasteiger partial charge is 0.340 e. The molecule has 1 fully saturated rings. The van der Waals surface area contributed by atoms with Crippen LogP contribution in [0.4, 0.5) is 0 Å². The highest BCUT2D eigenvalue weighted by Crippen LogP contribution is 2.26. The Morgan fingerprint density at radius 1 is 1.03 bits per heavy atom. The van der Waals surface area contributed by atoms with Crippen LogP contribution in [0.1, 0.15) is 35.5 Å². The van der Waals surface area contributed by atoms with E-state index < -0.39 is 16.0 Å². The zero-order chi connectivity index (χ0) is 22.7. The van der Waals surface area contributed by atoms with Crippen LogP contribution in [0.25, 0.3) is 11.5 Å². The minimum atomic E-state index is -3.72. The highest BCUT2D eigenvalue weighted by Gasteiger charge is 2.27. The normalized spacial score (nSPS) is 14.9. The minimum absolute atomic E-state index is 0.00133. The molecule has 0 unspecified atom stereocenters. The van der Waals surface area contributed by atoms with Gasteiger partial charge in [-0.25, -0.2) is 13.2 Å². The largest absolute Gasteiger partial charge is 0.452 e. The number of esters is 1. The third-order valence-corrected chi connectivity index (χ3v) is 7.47. The molecule has 2 heterocycles. The first-order valence-corrected chi connectivity index (χ1v) is 12.1. The van der Waals surface area contributed by atoms with E-state index >= 15 is 0 Å². The van der Waals surface area contributed by atoms with Crippen molar-refractivity contribution in [1.29, 1.82) is 0 Å². The summed E-state index contributed by atoms with van der Waals surface area (Å²) in [6.07, 6.45) is 2.62. The van der Waals surface area contributed by atoms with Gasteiger partial charge in [-0.15, -0.1) is 10.2 Å². The number of halogens is 2. The van der Waals surface area contributed by atoms with Crippen LogP contribution in [-0.2, 0) is 21.4 Å². The molecule has 168 valence electrons. The predicted octanol–water partition coefficient (Wildman–Crippen LogP) is 4.58. The molecule has 11 heteroatoms. The second kappa shape index (κ2) is 9.58. The Bertz CT molecular complexity index is 1220. The maximum Gasteiger partial charge on any atom is 0.340 e. The van der Waals surface area contributed by atoms with Crippen molar-refractivity contribution in [3.63, 3.8) is 0 Å². The molecule has 32 heavy (non-hydrogen) atoms. The summed E-state index contributed by atoms with van der Waals surface area (Å²) in [4.78, 5) is 12.6. The van der Waals surface area contributed by atoms with Crippen molar-refractivity contribution in [2.45, 2.75) is 30.8 Å². The fourth-order valence-corrected chi connectivity index (χ4v) is 5.17. The summed E-state index contributed by atoms with van der Waals surface area (Å²) in [5, 5.41) is 8.44. The number of carbonyl (C=O) groups is 1. The molecule has 0 radical (unpaired) electrons. The number of ether oxygens (including phenoxy) is 1. The molecule has 1 aromatic heterocycles. The number of sulfonamides is 1. The molecule has 0 N–H and O–H groups in total. The molecular formula is C21H19Cl2N3O5S. The maximum atomic E-state index is 12.9. The third-order valence-electron chi connectivity index (χ3n) is 5.00. The lowest BCUT2D eigenvalue weighted by molar-refractivity contribution is 0.0438. The van der Waals surface area contributed by atoms with Crippen molar-refractivity contribution in [2.75, 3.05) is 13.1 Å². The van der Waals surface area contributed by atoms with E-state index in [-0.39, 0.29) is 33.9 Å². The molecule has 0 atom stereocenters. The summed E-state index contributed by atoms with van der Waals surface area (Å²) >= 11 is 12.0. The highest BCUT2D eigenvalue weighted by molar-refractivity contribution is 7.89. The lowest BCUT2D eigenvalue weighted by Crippen LogP contribution is -2.35. The molecule has 0 spiro atoms. The van der Waals surface area contributed by atoms with E-state index in [1.807, 2.05) is 0 Å². The second-order valence-corrected chi connectivity index (χ2v) is 9.97. The fraction of sp³-hybridized carbons (Fsp3) is 0.286. The van der Waals surface area contributed by atoms with Crippen LogP contribution in [0.5, 0.6) is 0 Å². The van der Waals surface area contributed by atoms with E-state index in [9.17, 15) is 13.2 Å². The van der Waals surface area contributed by atoms with Crippen molar-refractivity contribution in [2.24, 2.45) is 0 Å². The van der Waals surface area contributed by atoms with E-state index in [0.717, 1.165) is 19.3 Å². The minimum Gasteiger partial charge on any atom is -0.452 e. The van der Waals surface area contributed by atoms with Crippen molar-refractivity contribution in [3.05, 3.63) is 64.0 Å². The van der Waals surface area contributed by atoms with Crippen LogP contribution >= 0.6 is 23.2 Å². The molecule has 1 saturated heterocycles. The van der Waals surface area contributed by atoms with Gasteiger partial charge in [-0.1, -0.05) is 29.6 Å². The fourth-order valence-electron chi connectivity index (χ4n) is 3.30. The highest BCUT2D eigenvalue weighted by atomic mass is 35.5. The van der Waals surface area contributed by atoms with Gasteiger partial charge in [0.15, 0.2) is 6.61 Å². The molecule has 0 bridgehead atoms. The van der Waals surface area contributed by atoms with Gasteiger partial charge >= 0.3 is 5.97 Å². The summed E-state index contributed by atoms with van der Waals surface area (Å²) in [5.41, 5.74) is 0.611. The number of carbonyl (C=O) groups excluding carboxylic acids is 1. The molecule has 4 rings (SSSR count). The van der Waals surface area contributed by atoms with Crippen LogP contribution in [0.3, 0.4) is 0 Å². The second-order valence-electron chi connectivity index (χ2n) is 7.19. The number of piperidine rings is 1. The first-order chi connectivity index (χ1) is 15.3. The zero-order valence-electron chi connectivity index (χ0n) is 16.8. The zero-order valence-corrected chi connectivity index (χ0v) is 19.2. The van der Waals surface area contributed by atoms with E-state index in [1.165, 1.54) is 22.5 Å². The number of hydrogen-bond acceptors (Lipinski definition) is 7. The summed E-state index contributed by atoms with van der Waals surface area (Å²) in [6, 6.07) is 10.8. The lowest BCUT2D eigenvalue weighted by Gasteiger charge is -2.26. The summed E-state index contributed by atoms with van der Waals surface area (Å²) in [5.74, 6) is -0.464. The molecule has 0 amide bonds. The van der Waals surface area contributed by atoms with Gasteiger partial charge in [-0.2, -0.15) is 4.31 Å². The summed E-state index contributed by atoms with van der Waals surface area (Å²) in [6.45, 7) is 0.620. The van der Waals surface area contributed by atoms with Gasteiger partial charge in [0.25, 0.3) is 5.89 Å². The van der Waals surface area contributed by atoms with Crippen LogP contribution in [0.15, 0.2) is 51.8 Å². The summed E-state index contributed by atoms with van der Waals surface area (Å²) in [7, 11) is -3.72. The van der Waals surface area contributed by atoms with Gasteiger partial charge in [-0.05, 0) is 55.3 Å². The molecule has 1 aliphatic rings. The van der Waals surface area contributed by atoms with Gasteiger partial charge < -0.3 is 9.15 Å². The molecule has 2 aromatic carbocycles. The number of nitrogens with zero attached hydrogens (tertiary/aromatic N) is 3. The van der Waals surface area contributed by atoms with Crippen molar-refractivity contribution in [1.82, 2.24) is 14.5 Å². The van der Waals surface area contributed by atoms with Crippen molar-refractivity contribution >= 4 is 39.2 Å². The molecule has 0 saturated carbocycles. The third kappa shape index (κ3) is 4.96. The lowest BCUT2D eigenvalue weighted by atomic mass is 10.2. The first-order valence-electron chi connectivity index (χ1n) is 9.90. The number of aromatic nitrogens is 2. The average molecular weight is 496 g/mol.